The van der Waals surface area contributed by atoms with Gasteiger partial charge >= 0.3 is 6.18 Å². The molecular weight excluding hydrogens is 475 g/mol. The highest BCUT2D eigenvalue weighted by atomic mass is 19.4. The van der Waals surface area contributed by atoms with E-state index < -0.39 is 52.9 Å². The van der Waals surface area contributed by atoms with Gasteiger partial charge in [-0.05, 0) is 47.7 Å². The lowest BCUT2D eigenvalue weighted by Gasteiger charge is -2.48. The van der Waals surface area contributed by atoms with Crippen LogP contribution in [0.25, 0.3) is 5.69 Å². The predicted molar refractivity (Wildman–Crippen MR) is 115 cm³/mol. The van der Waals surface area contributed by atoms with E-state index in [4.69, 9.17) is 5.73 Å². The molecule has 7 nitrogen and oxygen atoms in total. The van der Waals surface area contributed by atoms with Gasteiger partial charge in [0.1, 0.15) is 17.2 Å². The quantitative estimate of drug-likeness (QED) is 0.411. The van der Waals surface area contributed by atoms with Crippen molar-refractivity contribution >= 4 is 11.7 Å². The lowest BCUT2D eigenvalue weighted by atomic mass is 9.63. The summed E-state index contributed by atoms with van der Waals surface area (Å²) in [6.45, 7) is 2.65. The Morgan fingerprint density at radius 3 is 2.40 bits per heavy atom. The van der Waals surface area contributed by atoms with Crippen LogP contribution in [0.1, 0.15) is 47.8 Å². The second kappa shape index (κ2) is 7.94. The van der Waals surface area contributed by atoms with Gasteiger partial charge in [0.25, 0.3) is 5.91 Å². The van der Waals surface area contributed by atoms with Crippen LogP contribution in [-0.2, 0) is 5.41 Å². The highest BCUT2D eigenvalue weighted by Crippen LogP contribution is 2.55. The maximum atomic E-state index is 14.2. The van der Waals surface area contributed by atoms with Gasteiger partial charge in [0.2, 0.25) is 0 Å². The van der Waals surface area contributed by atoms with E-state index in [0.717, 1.165) is 35.1 Å². The van der Waals surface area contributed by atoms with Gasteiger partial charge in [0.05, 0.1) is 17.9 Å². The minimum Gasteiger partial charge on any atom is -0.505 e. The van der Waals surface area contributed by atoms with Crippen LogP contribution in [0.3, 0.4) is 0 Å². The molecule has 1 amide bonds. The third-order valence-electron chi connectivity index (χ3n) is 6.23. The molecule has 5 N–H and O–H groups in total. The summed E-state index contributed by atoms with van der Waals surface area (Å²) < 4.78 is 70.9. The number of halogens is 5. The van der Waals surface area contributed by atoms with Gasteiger partial charge in [-0.1, -0.05) is 19.9 Å². The number of aromatic nitrogens is 2. The Bertz CT molecular complexity index is 1300. The number of anilines is 1. The summed E-state index contributed by atoms with van der Waals surface area (Å²) in [5, 5.41) is 27.3. The number of nitrogens with one attached hydrogen (secondary N) is 1. The smallest absolute Gasteiger partial charge is 0.419 e. The van der Waals surface area contributed by atoms with Gasteiger partial charge in [-0.15, -0.1) is 0 Å². The third-order valence-corrected chi connectivity index (χ3v) is 6.23. The van der Waals surface area contributed by atoms with Crippen LogP contribution in [0.2, 0.25) is 0 Å². The highest BCUT2D eigenvalue weighted by Gasteiger charge is 2.64. The average molecular weight is 496 g/mol. The number of hydrogen-bond acceptors (Lipinski definition) is 5. The normalized spacial score (nSPS) is 21.4. The predicted octanol–water partition coefficient (Wildman–Crippen LogP) is 3.88. The molecule has 186 valence electrons. The molecule has 4 rings (SSSR count). The molecule has 2 atom stereocenters. The Hall–Kier alpha value is -3.67. The number of nitrogen functional groups attached to an aromatic ring is 1. The number of carbonyl (C=O) groups excluding carboxylic acids is 1. The molecule has 0 unspecified atom stereocenters. The highest BCUT2D eigenvalue weighted by molar-refractivity contribution is 5.98. The number of hydrogen-bond donors (Lipinski definition) is 4. The number of nitrogens with two attached hydrogens (primary N) is 1. The van der Waals surface area contributed by atoms with Crippen molar-refractivity contribution < 1.29 is 37.0 Å². The maximum Gasteiger partial charge on any atom is 0.419 e. The van der Waals surface area contributed by atoms with E-state index in [-0.39, 0.29) is 22.5 Å². The van der Waals surface area contributed by atoms with Crippen LogP contribution >= 0.6 is 0 Å². The Balaban J connectivity index is 1.79. The van der Waals surface area contributed by atoms with E-state index >= 15 is 0 Å². The number of alkyl halides is 3. The van der Waals surface area contributed by atoms with Crippen molar-refractivity contribution in [1.82, 2.24) is 15.1 Å². The molecule has 0 radical (unpaired) electrons. The van der Waals surface area contributed by atoms with E-state index in [1.54, 1.807) is 0 Å². The number of aromatic hydroxyl groups is 1. The van der Waals surface area contributed by atoms with Crippen molar-refractivity contribution in [3.05, 3.63) is 70.9 Å². The van der Waals surface area contributed by atoms with E-state index in [9.17, 15) is 37.0 Å². The van der Waals surface area contributed by atoms with E-state index in [1.165, 1.54) is 26.0 Å². The number of carbonyl (C=O) groups is 1. The molecule has 1 heterocycles. The molecule has 0 aliphatic heterocycles. The Morgan fingerprint density at radius 1 is 1.17 bits per heavy atom. The maximum absolute atomic E-state index is 14.2. The van der Waals surface area contributed by atoms with Crippen molar-refractivity contribution in [3.63, 3.8) is 0 Å². The molecule has 0 fully saturated rings. The summed E-state index contributed by atoms with van der Waals surface area (Å²) in [6.07, 6.45) is -5.16. The zero-order valence-electron chi connectivity index (χ0n) is 18.5. The summed E-state index contributed by atoms with van der Waals surface area (Å²) in [6, 6.07) is 4.57. The van der Waals surface area contributed by atoms with Crippen LogP contribution in [0.5, 0.6) is 5.75 Å². The topological polar surface area (TPSA) is 113 Å². The summed E-state index contributed by atoms with van der Waals surface area (Å²) in [5.41, 5.74) is 0.561. The first-order valence-electron chi connectivity index (χ1n) is 10.4. The molecule has 0 saturated heterocycles. The molecule has 0 saturated carbocycles. The average Bonchev–Trinajstić information content (AvgIpc) is 3.13. The number of benzene rings is 2. The lowest BCUT2D eigenvalue weighted by molar-refractivity contribution is -0.280. The van der Waals surface area contributed by atoms with Gasteiger partial charge in [0.15, 0.2) is 17.2 Å². The number of rotatable bonds is 3. The fourth-order valence-electron chi connectivity index (χ4n) is 4.65. The number of phenolic OH excluding ortho intramolecular Hbond substituents is 1. The number of aliphatic hydroxyl groups is 1. The Morgan fingerprint density at radius 2 is 1.80 bits per heavy atom. The number of fused-ring (bicyclic) bond motifs is 1. The lowest BCUT2D eigenvalue weighted by Crippen LogP contribution is -2.60. The van der Waals surface area contributed by atoms with Gasteiger partial charge in [-0.2, -0.15) is 18.3 Å². The molecule has 3 aromatic rings. The largest absolute Gasteiger partial charge is 0.505 e. The summed E-state index contributed by atoms with van der Waals surface area (Å²) in [4.78, 5) is 13.1. The number of phenols is 1. The van der Waals surface area contributed by atoms with Gasteiger partial charge in [-0.3, -0.25) is 4.79 Å². The fourth-order valence-corrected chi connectivity index (χ4v) is 4.65. The van der Waals surface area contributed by atoms with Gasteiger partial charge in [0, 0.05) is 5.56 Å². The molecule has 2 aromatic carbocycles. The standard InChI is InChI=1S/C23H21F5N4O3/c1-21(2)10-22(35,23(26,27)28)18(13-7-8-15(25)17(33)16(13)21)31-20(34)14-9-30-32(19(14)29)12-5-3-11(24)4-6-12/h3-9,18,33,35H,10,29H2,1-2H3,(H,31,34)/t18-,22+/m0/s1. The molecule has 35 heavy (non-hydrogen) atoms. The van der Waals surface area contributed by atoms with Crippen molar-refractivity contribution in [1.29, 1.82) is 0 Å². The van der Waals surface area contributed by atoms with E-state index in [1.807, 2.05) is 0 Å². The van der Waals surface area contributed by atoms with Crippen LogP contribution in [0, 0.1) is 11.6 Å². The fraction of sp³-hybridized carbons (Fsp3) is 0.304. The van der Waals surface area contributed by atoms with E-state index in [0.29, 0.717) is 5.69 Å². The van der Waals surface area contributed by atoms with Crippen LogP contribution in [0.15, 0.2) is 42.6 Å². The molecule has 12 heteroatoms. The van der Waals surface area contributed by atoms with Gasteiger partial charge in [-0.25, -0.2) is 13.5 Å². The first-order chi connectivity index (χ1) is 16.2. The minimum atomic E-state index is -5.20. The first kappa shape index (κ1) is 24.5. The van der Waals surface area contributed by atoms with Crippen molar-refractivity contribution in [2.24, 2.45) is 0 Å². The Kier molecular flexibility index (Phi) is 5.55. The molecule has 0 bridgehead atoms. The van der Waals surface area contributed by atoms with Crippen molar-refractivity contribution in [2.75, 3.05) is 5.73 Å². The molecule has 1 aliphatic carbocycles. The zero-order chi connectivity index (χ0) is 25.9. The van der Waals surface area contributed by atoms with Crippen molar-refractivity contribution in [2.45, 2.75) is 43.5 Å². The summed E-state index contributed by atoms with van der Waals surface area (Å²) in [7, 11) is 0. The SMILES string of the molecule is CC1(C)C[C@](O)(C(F)(F)F)[C@@H](NC(=O)c2cnn(-c3ccc(F)cc3)c2N)c2ccc(F)c(O)c21. The summed E-state index contributed by atoms with van der Waals surface area (Å²) >= 11 is 0. The minimum absolute atomic E-state index is 0.160. The molecule has 1 aromatic heterocycles. The van der Waals surface area contributed by atoms with Crippen LogP contribution in [-0.4, -0.2) is 37.7 Å². The number of nitrogens with zero attached hydrogens (tertiary/aromatic N) is 2. The molecule has 1 aliphatic rings. The summed E-state index contributed by atoms with van der Waals surface area (Å²) in [5.74, 6) is -3.78. The second-order valence-electron chi connectivity index (χ2n) is 9.08. The zero-order valence-corrected chi connectivity index (χ0v) is 18.5. The molecule has 0 spiro atoms. The second-order valence-corrected chi connectivity index (χ2v) is 9.08. The molecular formula is C23H21F5N4O3. The first-order valence-corrected chi connectivity index (χ1v) is 10.4. The number of amides is 1. The van der Waals surface area contributed by atoms with Crippen molar-refractivity contribution in [3.8, 4) is 11.4 Å². The van der Waals surface area contributed by atoms with Crippen LogP contribution in [0.4, 0.5) is 27.8 Å². The van der Waals surface area contributed by atoms with E-state index in [2.05, 4.69) is 10.4 Å². The monoisotopic (exact) mass is 496 g/mol. The third kappa shape index (κ3) is 3.87. The Labute approximate surface area is 196 Å². The van der Waals surface area contributed by atoms with Gasteiger partial charge < -0.3 is 21.3 Å². The van der Waals surface area contributed by atoms with Crippen LogP contribution < -0.4 is 11.1 Å².